The molecule has 2 heterocycles. The molecule has 0 radical (unpaired) electrons. The van der Waals surface area contributed by atoms with Crippen LogP contribution in [0.3, 0.4) is 0 Å². The molecule has 0 spiro atoms. The summed E-state index contributed by atoms with van der Waals surface area (Å²) in [6, 6.07) is 0. The average molecular weight is 268 g/mol. The Morgan fingerprint density at radius 3 is 2.37 bits per heavy atom. The second kappa shape index (κ2) is 5.71. The van der Waals surface area contributed by atoms with Gasteiger partial charge in [0.1, 0.15) is 0 Å². The fourth-order valence-corrected chi connectivity index (χ4v) is 3.55. The minimum atomic E-state index is 0.198. The number of nitrogens with zero attached hydrogens (tertiary/aromatic N) is 1. The lowest BCUT2D eigenvalue weighted by atomic mass is 9.77. The maximum atomic E-state index is 6.20. The normalized spacial score (nSPS) is 36.6. The zero-order valence-corrected chi connectivity index (χ0v) is 13.2. The molecule has 2 aliphatic heterocycles. The Balaban J connectivity index is 2.05. The molecule has 0 amide bonds. The van der Waals surface area contributed by atoms with Crippen molar-refractivity contribution in [3.8, 4) is 0 Å². The maximum Gasteiger partial charge on any atom is 0.0616 e. The Morgan fingerprint density at radius 1 is 1.21 bits per heavy atom. The number of hydrogen-bond acceptors (Lipinski definition) is 3. The van der Waals surface area contributed by atoms with Crippen LogP contribution in [0.4, 0.5) is 0 Å². The van der Waals surface area contributed by atoms with Crippen LogP contribution < -0.4 is 5.73 Å². The molecule has 2 saturated heterocycles. The monoisotopic (exact) mass is 268 g/mol. The van der Waals surface area contributed by atoms with E-state index in [2.05, 4.69) is 32.6 Å². The lowest BCUT2D eigenvalue weighted by Gasteiger charge is -2.52. The van der Waals surface area contributed by atoms with Crippen LogP contribution in [0.1, 0.15) is 53.4 Å². The van der Waals surface area contributed by atoms with Crippen molar-refractivity contribution in [2.45, 2.75) is 65.0 Å². The van der Waals surface area contributed by atoms with Gasteiger partial charge >= 0.3 is 0 Å². The van der Waals surface area contributed by atoms with Crippen molar-refractivity contribution >= 4 is 0 Å². The third-order valence-corrected chi connectivity index (χ3v) is 5.39. The van der Waals surface area contributed by atoms with E-state index in [1.165, 1.54) is 25.9 Å². The molecule has 0 saturated carbocycles. The molecule has 2 N–H and O–H groups in total. The Kier molecular flexibility index (Phi) is 4.59. The highest BCUT2D eigenvalue weighted by atomic mass is 16.5. The summed E-state index contributed by atoms with van der Waals surface area (Å²) in [7, 11) is 0. The van der Waals surface area contributed by atoms with E-state index in [0.717, 1.165) is 26.0 Å². The zero-order chi connectivity index (χ0) is 14.1. The van der Waals surface area contributed by atoms with E-state index >= 15 is 0 Å². The van der Waals surface area contributed by atoms with Crippen LogP contribution in [-0.2, 0) is 4.74 Å². The summed E-state index contributed by atoms with van der Waals surface area (Å²) >= 11 is 0. The molecule has 2 unspecified atom stereocenters. The van der Waals surface area contributed by atoms with Gasteiger partial charge in [0.25, 0.3) is 0 Å². The zero-order valence-electron chi connectivity index (χ0n) is 13.2. The molecule has 112 valence electrons. The molecule has 2 aliphatic rings. The van der Waals surface area contributed by atoms with E-state index in [-0.39, 0.29) is 5.54 Å². The summed E-state index contributed by atoms with van der Waals surface area (Å²) in [5.41, 5.74) is 6.91. The third-order valence-electron chi connectivity index (χ3n) is 5.39. The molecule has 19 heavy (non-hydrogen) atoms. The van der Waals surface area contributed by atoms with Gasteiger partial charge < -0.3 is 10.5 Å². The van der Waals surface area contributed by atoms with E-state index < -0.39 is 0 Å². The van der Waals surface area contributed by atoms with Crippen molar-refractivity contribution in [3.63, 3.8) is 0 Å². The first kappa shape index (κ1) is 15.3. The van der Waals surface area contributed by atoms with Crippen molar-refractivity contribution in [3.05, 3.63) is 0 Å². The van der Waals surface area contributed by atoms with Crippen molar-refractivity contribution in [1.29, 1.82) is 0 Å². The lowest BCUT2D eigenvalue weighted by molar-refractivity contribution is -0.0975. The average Bonchev–Trinajstić information content (AvgIpc) is 2.38. The van der Waals surface area contributed by atoms with Crippen molar-refractivity contribution in [2.75, 3.05) is 26.2 Å². The van der Waals surface area contributed by atoms with E-state index in [1.807, 2.05) is 0 Å². The van der Waals surface area contributed by atoms with Crippen molar-refractivity contribution in [2.24, 2.45) is 17.1 Å². The number of piperidine rings is 1. The first-order valence-electron chi connectivity index (χ1n) is 7.95. The molecule has 0 aromatic heterocycles. The molecular formula is C16H32N2O. The molecule has 0 bridgehead atoms. The molecule has 0 aromatic carbocycles. The maximum absolute atomic E-state index is 6.20. The Bertz CT molecular complexity index is 293. The predicted octanol–water partition coefficient (Wildman–Crippen LogP) is 2.64. The fourth-order valence-electron chi connectivity index (χ4n) is 3.55. The molecule has 3 heteroatoms. The standard InChI is InChI=1S/C16H32N2O/c1-13(2)14-11-16(12-17,7-10-19-14)18-8-5-15(3,4)6-9-18/h13-14H,5-12,17H2,1-4H3. The van der Waals surface area contributed by atoms with Crippen LogP contribution >= 0.6 is 0 Å². The van der Waals surface area contributed by atoms with Crippen molar-refractivity contribution < 1.29 is 4.74 Å². The first-order valence-corrected chi connectivity index (χ1v) is 7.95. The van der Waals surface area contributed by atoms with Crippen LogP contribution in [0.25, 0.3) is 0 Å². The second-order valence-electron chi connectivity index (χ2n) is 7.69. The first-order chi connectivity index (χ1) is 8.88. The van der Waals surface area contributed by atoms with E-state index in [1.54, 1.807) is 0 Å². The number of hydrogen-bond donors (Lipinski definition) is 1. The summed E-state index contributed by atoms with van der Waals surface area (Å²) in [5, 5.41) is 0. The minimum absolute atomic E-state index is 0.198. The molecular weight excluding hydrogens is 236 g/mol. The molecule has 0 aliphatic carbocycles. The Hall–Kier alpha value is -0.120. The van der Waals surface area contributed by atoms with Gasteiger partial charge in [-0.2, -0.15) is 0 Å². The largest absolute Gasteiger partial charge is 0.378 e. The highest BCUT2D eigenvalue weighted by molar-refractivity contribution is 4.99. The second-order valence-corrected chi connectivity index (χ2v) is 7.69. The Labute approximate surface area is 118 Å². The van der Waals surface area contributed by atoms with Crippen LogP contribution in [0, 0.1) is 11.3 Å². The Morgan fingerprint density at radius 2 is 1.84 bits per heavy atom. The SMILES string of the molecule is CC(C)C1CC(CN)(N2CCC(C)(C)CC2)CCO1. The third kappa shape index (κ3) is 3.32. The van der Waals surface area contributed by atoms with Crippen molar-refractivity contribution in [1.82, 2.24) is 4.90 Å². The number of likely N-dealkylation sites (tertiary alicyclic amines) is 1. The minimum Gasteiger partial charge on any atom is -0.378 e. The molecule has 3 nitrogen and oxygen atoms in total. The van der Waals surface area contributed by atoms with Crippen LogP contribution in [0.2, 0.25) is 0 Å². The molecule has 2 atom stereocenters. The molecule has 2 rings (SSSR count). The number of ether oxygens (including phenoxy) is 1. The predicted molar refractivity (Wildman–Crippen MR) is 80.2 cm³/mol. The summed E-state index contributed by atoms with van der Waals surface area (Å²) < 4.78 is 5.95. The topological polar surface area (TPSA) is 38.5 Å². The highest BCUT2D eigenvalue weighted by Gasteiger charge is 2.43. The van der Waals surface area contributed by atoms with E-state index in [9.17, 15) is 0 Å². The fraction of sp³-hybridized carbons (Fsp3) is 1.00. The number of rotatable bonds is 3. The van der Waals surface area contributed by atoms with Crippen LogP contribution in [0.15, 0.2) is 0 Å². The highest BCUT2D eigenvalue weighted by Crippen LogP contribution is 2.38. The van der Waals surface area contributed by atoms with Gasteiger partial charge in [-0.15, -0.1) is 0 Å². The van der Waals surface area contributed by atoms with Gasteiger partial charge in [-0.25, -0.2) is 0 Å². The summed E-state index contributed by atoms with van der Waals surface area (Å²) in [5.74, 6) is 0.590. The van der Waals surface area contributed by atoms with Gasteiger partial charge in [0, 0.05) is 18.7 Å². The van der Waals surface area contributed by atoms with Gasteiger partial charge in [0.2, 0.25) is 0 Å². The van der Waals surface area contributed by atoms with Gasteiger partial charge in [-0.05, 0) is 50.1 Å². The van der Waals surface area contributed by atoms with E-state index in [0.29, 0.717) is 17.4 Å². The van der Waals surface area contributed by atoms with Crippen LogP contribution in [-0.4, -0.2) is 42.8 Å². The lowest BCUT2D eigenvalue weighted by Crippen LogP contribution is -2.61. The molecule has 0 aromatic rings. The van der Waals surface area contributed by atoms with Gasteiger partial charge in [0.15, 0.2) is 0 Å². The number of nitrogens with two attached hydrogens (primary N) is 1. The summed E-state index contributed by atoms with van der Waals surface area (Å²) in [6.07, 6.45) is 5.19. The summed E-state index contributed by atoms with van der Waals surface area (Å²) in [4.78, 5) is 2.68. The quantitative estimate of drug-likeness (QED) is 0.855. The molecule has 2 fully saturated rings. The van der Waals surface area contributed by atoms with E-state index in [4.69, 9.17) is 10.5 Å². The van der Waals surface area contributed by atoms with Gasteiger partial charge in [-0.3, -0.25) is 4.90 Å². The smallest absolute Gasteiger partial charge is 0.0616 e. The summed E-state index contributed by atoms with van der Waals surface area (Å²) in [6.45, 7) is 13.4. The van der Waals surface area contributed by atoms with Gasteiger partial charge in [-0.1, -0.05) is 27.7 Å². The van der Waals surface area contributed by atoms with Gasteiger partial charge in [0.05, 0.1) is 6.10 Å². The van der Waals surface area contributed by atoms with Crippen LogP contribution in [0.5, 0.6) is 0 Å².